The average molecular weight is 328 g/mol. The number of nitrogens with zero attached hydrogens (tertiary/aromatic N) is 1. The van der Waals surface area contributed by atoms with Crippen LogP contribution in [0.5, 0.6) is 11.5 Å². The molecule has 0 saturated heterocycles. The summed E-state index contributed by atoms with van der Waals surface area (Å²) in [5, 5.41) is 2.67. The van der Waals surface area contributed by atoms with Crippen molar-refractivity contribution in [3.05, 3.63) is 48.0 Å². The van der Waals surface area contributed by atoms with Crippen molar-refractivity contribution in [2.45, 2.75) is 6.92 Å². The van der Waals surface area contributed by atoms with Crippen LogP contribution in [0.3, 0.4) is 0 Å². The number of benzene rings is 2. The van der Waals surface area contributed by atoms with E-state index in [2.05, 4.69) is 5.32 Å². The zero-order valence-electron chi connectivity index (χ0n) is 14.1. The third kappa shape index (κ3) is 4.04. The lowest BCUT2D eigenvalue weighted by molar-refractivity contribution is -0.114. The third-order valence-electron chi connectivity index (χ3n) is 3.46. The number of methoxy groups -OCH3 is 2. The van der Waals surface area contributed by atoms with E-state index >= 15 is 0 Å². The van der Waals surface area contributed by atoms with Gasteiger partial charge in [-0.2, -0.15) is 0 Å². The van der Waals surface area contributed by atoms with Crippen molar-refractivity contribution >= 4 is 23.2 Å². The van der Waals surface area contributed by atoms with E-state index in [0.29, 0.717) is 28.4 Å². The average Bonchev–Trinajstić information content (AvgIpc) is 2.59. The van der Waals surface area contributed by atoms with Crippen molar-refractivity contribution in [1.29, 1.82) is 0 Å². The number of carbonyl (C=O) groups is 2. The zero-order valence-corrected chi connectivity index (χ0v) is 14.1. The first-order chi connectivity index (χ1) is 11.4. The van der Waals surface area contributed by atoms with Crippen LogP contribution in [0.25, 0.3) is 0 Å². The van der Waals surface area contributed by atoms with Crippen LogP contribution in [0.4, 0.5) is 11.4 Å². The molecule has 0 aliphatic rings. The molecular formula is C18H20N2O4. The molecule has 0 saturated carbocycles. The minimum absolute atomic E-state index is 0.189. The molecule has 2 aromatic carbocycles. The molecule has 0 aliphatic carbocycles. The number of anilines is 2. The highest BCUT2D eigenvalue weighted by Gasteiger charge is 2.16. The number of amides is 2. The fourth-order valence-corrected chi connectivity index (χ4v) is 2.23. The summed E-state index contributed by atoms with van der Waals surface area (Å²) in [4.78, 5) is 25.4. The van der Waals surface area contributed by atoms with E-state index in [-0.39, 0.29) is 11.8 Å². The zero-order chi connectivity index (χ0) is 17.7. The van der Waals surface area contributed by atoms with Crippen LogP contribution in [-0.4, -0.2) is 33.1 Å². The smallest absolute Gasteiger partial charge is 0.258 e. The molecule has 2 aromatic rings. The maximum absolute atomic E-state index is 12.7. The van der Waals surface area contributed by atoms with E-state index in [1.54, 1.807) is 63.7 Å². The molecule has 6 nitrogen and oxygen atoms in total. The van der Waals surface area contributed by atoms with Crippen LogP contribution in [-0.2, 0) is 4.79 Å². The molecule has 2 rings (SSSR count). The van der Waals surface area contributed by atoms with Gasteiger partial charge in [0.15, 0.2) is 0 Å². The van der Waals surface area contributed by atoms with Crippen LogP contribution in [0.1, 0.15) is 17.3 Å². The summed E-state index contributed by atoms with van der Waals surface area (Å²) in [5.41, 5.74) is 1.68. The predicted molar refractivity (Wildman–Crippen MR) is 93.0 cm³/mol. The highest BCUT2D eigenvalue weighted by molar-refractivity contribution is 6.06. The maximum atomic E-state index is 12.7. The Morgan fingerprint density at radius 1 is 1.00 bits per heavy atom. The number of carbonyl (C=O) groups excluding carboxylic acids is 2. The van der Waals surface area contributed by atoms with Gasteiger partial charge in [0, 0.05) is 43.4 Å². The molecule has 0 bridgehead atoms. The maximum Gasteiger partial charge on any atom is 0.258 e. The Hall–Kier alpha value is -3.02. The lowest BCUT2D eigenvalue weighted by atomic mass is 10.1. The highest BCUT2D eigenvalue weighted by Crippen LogP contribution is 2.28. The molecule has 6 heteroatoms. The Morgan fingerprint density at radius 2 is 1.62 bits per heavy atom. The van der Waals surface area contributed by atoms with Gasteiger partial charge in [-0.1, -0.05) is 6.07 Å². The van der Waals surface area contributed by atoms with Crippen LogP contribution < -0.4 is 19.7 Å². The Labute approximate surface area is 141 Å². The Balaban J connectivity index is 2.31. The fraction of sp³-hybridized carbons (Fsp3) is 0.222. The molecule has 126 valence electrons. The van der Waals surface area contributed by atoms with Crippen LogP contribution >= 0.6 is 0 Å². The standard InChI is InChI=1S/C18H20N2O4/c1-12(21)19-14-7-5-6-13(8-14)18(22)20(2)15-9-16(23-3)11-17(10-15)24-4/h5-11H,1-4H3,(H,19,21). The lowest BCUT2D eigenvalue weighted by Crippen LogP contribution is -2.26. The number of ether oxygens (including phenoxy) is 2. The molecule has 0 radical (unpaired) electrons. The topological polar surface area (TPSA) is 67.9 Å². The van der Waals surface area contributed by atoms with Crippen molar-refractivity contribution in [2.24, 2.45) is 0 Å². The lowest BCUT2D eigenvalue weighted by Gasteiger charge is -2.19. The molecule has 2 amide bonds. The Morgan fingerprint density at radius 3 is 2.17 bits per heavy atom. The quantitative estimate of drug-likeness (QED) is 0.916. The van der Waals surface area contributed by atoms with Gasteiger partial charge in [-0.15, -0.1) is 0 Å². The van der Waals surface area contributed by atoms with Crippen molar-refractivity contribution in [3.63, 3.8) is 0 Å². The second-order valence-corrected chi connectivity index (χ2v) is 5.20. The van der Waals surface area contributed by atoms with Gasteiger partial charge in [-0.3, -0.25) is 9.59 Å². The molecule has 0 atom stereocenters. The molecule has 0 aromatic heterocycles. The van der Waals surface area contributed by atoms with E-state index < -0.39 is 0 Å². The predicted octanol–water partition coefficient (Wildman–Crippen LogP) is 2.94. The molecular weight excluding hydrogens is 308 g/mol. The van der Waals surface area contributed by atoms with E-state index in [1.807, 2.05) is 0 Å². The number of hydrogen-bond donors (Lipinski definition) is 1. The molecule has 1 N–H and O–H groups in total. The minimum Gasteiger partial charge on any atom is -0.497 e. The van der Waals surface area contributed by atoms with Crippen molar-refractivity contribution in [1.82, 2.24) is 0 Å². The van der Waals surface area contributed by atoms with Crippen LogP contribution in [0.15, 0.2) is 42.5 Å². The molecule has 0 aliphatic heterocycles. The summed E-state index contributed by atoms with van der Waals surface area (Å²) in [5.74, 6) is 0.787. The van der Waals surface area contributed by atoms with Crippen molar-refractivity contribution < 1.29 is 19.1 Å². The first-order valence-electron chi connectivity index (χ1n) is 7.33. The second kappa shape index (κ2) is 7.50. The van der Waals surface area contributed by atoms with Gasteiger partial charge in [-0.25, -0.2) is 0 Å². The molecule has 0 fully saturated rings. The Bertz CT molecular complexity index is 736. The van der Waals surface area contributed by atoms with E-state index in [0.717, 1.165) is 0 Å². The number of hydrogen-bond acceptors (Lipinski definition) is 4. The second-order valence-electron chi connectivity index (χ2n) is 5.20. The van der Waals surface area contributed by atoms with E-state index in [4.69, 9.17) is 9.47 Å². The monoisotopic (exact) mass is 328 g/mol. The fourth-order valence-electron chi connectivity index (χ4n) is 2.23. The van der Waals surface area contributed by atoms with E-state index in [9.17, 15) is 9.59 Å². The largest absolute Gasteiger partial charge is 0.497 e. The summed E-state index contributed by atoms with van der Waals surface area (Å²) >= 11 is 0. The summed E-state index contributed by atoms with van der Waals surface area (Å²) in [6.07, 6.45) is 0. The van der Waals surface area contributed by atoms with Crippen LogP contribution in [0.2, 0.25) is 0 Å². The first-order valence-corrected chi connectivity index (χ1v) is 7.33. The normalized spacial score (nSPS) is 10.0. The molecule has 24 heavy (non-hydrogen) atoms. The van der Waals surface area contributed by atoms with E-state index in [1.165, 1.54) is 11.8 Å². The summed E-state index contributed by atoms with van der Waals surface area (Å²) in [6, 6.07) is 12.0. The summed E-state index contributed by atoms with van der Waals surface area (Å²) < 4.78 is 10.5. The van der Waals surface area contributed by atoms with Gasteiger partial charge in [-0.05, 0) is 18.2 Å². The van der Waals surface area contributed by atoms with Crippen molar-refractivity contribution in [2.75, 3.05) is 31.5 Å². The van der Waals surface area contributed by atoms with Gasteiger partial charge < -0.3 is 19.7 Å². The highest BCUT2D eigenvalue weighted by atomic mass is 16.5. The Kier molecular flexibility index (Phi) is 5.42. The summed E-state index contributed by atoms with van der Waals surface area (Å²) in [6.45, 7) is 1.42. The molecule has 0 unspecified atom stereocenters. The van der Waals surface area contributed by atoms with Crippen LogP contribution in [0, 0.1) is 0 Å². The third-order valence-corrected chi connectivity index (χ3v) is 3.46. The van der Waals surface area contributed by atoms with Crippen molar-refractivity contribution in [3.8, 4) is 11.5 Å². The SMILES string of the molecule is COc1cc(OC)cc(N(C)C(=O)c2cccc(NC(C)=O)c2)c1. The van der Waals surface area contributed by atoms with Gasteiger partial charge in [0.25, 0.3) is 5.91 Å². The van der Waals surface area contributed by atoms with Gasteiger partial charge in [0.2, 0.25) is 5.91 Å². The molecule has 0 spiro atoms. The number of rotatable bonds is 5. The van der Waals surface area contributed by atoms with Gasteiger partial charge in [0.1, 0.15) is 11.5 Å². The van der Waals surface area contributed by atoms with Gasteiger partial charge >= 0.3 is 0 Å². The van der Waals surface area contributed by atoms with Gasteiger partial charge in [0.05, 0.1) is 19.9 Å². The summed E-state index contributed by atoms with van der Waals surface area (Å²) in [7, 11) is 4.77. The molecule has 0 heterocycles. The minimum atomic E-state index is -0.211. The number of nitrogens with one attached hydrogen (secondary N) is 1. The first kappa shape index (κ1) is 17.3.